The number of carbonyl (C=O) groups excluding carboxylic acids is 1. The number of phenols is 1. The first-order chi connectivity index (χ1) is 10.1. The Balaban J connectivity index is 2.00. The molecule has 1 amide bonds. The molecule has 2 N–H and O–H groups in total. The van der Waals surface area contributed by atoms with Crippen LogP contribution in [0, 0.1) is 6.92 Å². The summed E-state index contributed by atoms with van der Waals surface area (Å²) in [5.41, 5.74) is 4.29. The number of pyridine rings is 1. The summed E-state index contributed by atoms with van der Waals surface area (Å²) in [4.78, 5) is 15.8. The Bertz CT molecular complexity index is 666. The van der Waals surface area contributed by atoms with Crippen LogP contribution in [0.2, 0.25) is 0 Å². The van der Waals surface area contributed by atoms with Crippen LogP contribution < -0.4 is 10.2 Å². The third-order valence-electron chi connectivity index (χ3n) is 2.76. The Labute approximate surface area is 122 Å². The number of hydrogen-bond donors (Lipinski definition) is 2. The molecule has 0 aliphatic rings. The highest BCUT2D eigenvalue weighted by molar-refractivity contribution is 5.94. The van der Waals surface area contributed by atoms with Gasteiger partial charge in [0.25, 0.3) is 5.91 Å². The van der Waals surface area contributed by atoms with Crippen molar-refractivity contribution in [1.82, 2.24) is 10.4 Å². The molecule has 0 radical (unpaired) electrons. The quantitative estimate of drug-likeness (QED) is 0.663. The van der Waals surface area contributed by atoms with E-state index in [4.69, 9.17) is 4.74 Å². The summed E-state index contributed by atoms with van der Waals surface area (Å²) in [5, 5.41) is 13.5. The van der Waals surface area contributed by atoms with E-state index in [0.717, 1.165) is 5.69 Å². The second-order valence-corrected chi connectivity index (χ2v) is 4.32. The number of carbonyl (C=O) groups is 1. The second-order valence-electron chi connectivity index (χ2n) is 4.32. The third kappa shape index (κ3) is 3.79. The fourth-order valence-electron chi connectivity index (χ4n) is 1.62. The number of rotatable bonds is 4. The van der Waals surface area contributed by atoms with Crippen LogP contribution in [-0.2, 0) is 0 Å². The monoisotopic (exact) mass is 285 g/mol. The van der Waals surface area contributed by atoms with E-state index in [1.807, 2.05) is 6.92 Å². The van der Waals surface area contributed by atoms with Gasteiger partial charge in [-0.2, -0.15) is 5.10 Å². The van der Waals surface area contributed by atoms with Crippen molar-refractivity contribution in [3.05, 3.63) is 53.3 Å². The average Bonchev–Trinajstić information content (AvgIpc) is 2.48. The van der Waals surface area contributed by atoms with Crippen molar-refractivity contribution < 1.29 is 14.6 Å². The van der Waals surface area contributed by atoms with Gasteiger partial charge in [-0.05, 0) is 42.8 Å². The molecular weight excluding hydrogens is 270 g/mol. The van der Waals surface area contributed by atoms with Crippen molar-refractivity contribution in [2.24, 2.45) is 5.10 Å². The van der Waals surface area contributed by atoms with Crippen LogP contribution in [0.1, 0.15) is 21.6 Å². The van der Waals surface area contributed by atoms with E-state index in [-0.39, 0.29) is 11.7 Å². The molecule has 0 saturated heterocycles. The summed E-state index contributed by atoms with van der Waals surface area (Å²) in [6.07, 6.45) is 2.91. The molecule has 0 fully saturated rings. The molecule has 0 bridgehead atoms. The number of aromatic nitrogens is 1. The number of nitrogens with one attached hydrogen (secondary N) is 1. The molecule has 0 saturated carbocycles. The van der Waals surface area contributed by atoms with Crippen LogP contribution in [0.3, 0.4) is 0 Å². The maximum atomic E-state index is 11.8. The first kappa shape index (κ1) is 14.5. The molecule has 0 atom stereocenters. The van der Waals surface area contributed by atoms with Crippen molar-refractivity contribution in [2.75, 3.05) is 7.11 Å². The molecule has 0 aliphatic carbocycles. The summed E-state index contributed by atoms with van der Waals surface area (Å²) in [6, 6.07) is 8.23. The molecule has 2 aromatic rings. The Morgan fingerprint density at radius 3 is 2.81 bits per heavy atom. The van der Waals surface area contributed by atoms with Crippen LogP contribution >= 0.6 is 0 Å². The smallest absolute Gasteiger partial charge is 0.272 e. The maximum absolute atomic E-state index is 11.8. The Hall–Kier alpha value is -2.89. The van der Waals surface area contributed by atoms with E-state index in [1.165, 1.54) is 25.6 Å². The summed E-state index contributed by atoms with van der Waals surface area (Å²) >= 11 is 0. The van der Waals surface area contributed by atoms with Gasteiger partial charge in [0.05, 0.1) is 18.9 Å². The van der Waals surface area contributed by atoms with Gasteiger partial charge in [0.15, 0.2) is 11.5 Å². The minimum absolute atomic E-state index is 0.00973. The summed E-state index contributed by atoms with van der Waals surface area (Å²) < 4.78 is 4.94. The van der Waals surface area contributed by atoms with Gasteiger partial charge >= 0.3 is 0 Å². The Kier molecular flexibility index (Phi) is 4.50. The van der Waals surface area contributed by atoms with Crippen molar-refractivity contribution in [1.29, 1.82) is 0 Å². The van der Waals surface area contributed by atoms with Crippen molar-refractivity contribution >= 4 is 12.1 Å². The Morgan fingerprint density at radius 2 is 2.19 bits per heavy atom. The molecule has 108 valence electrons. The third-order valence-corrected chi connectivity index (χ3v) is 2.76. The SMILES string of the molecule is COc1ccc(/C=N/NC(=O)c2ccc(C)nc2)cc1O. The number of methoxy groups -OCH3 is 1. The van der Waals surface area contributed by atoms with Gasteiger partial charge in [0.2, 0.25) is 0 Å². The zero-order chi connectivity index (χ0) is 15.2. The lowest BCUT2D eigenvalue weighted by molar-refractivity contribution is 0.0955. The number of benzene rings is 1. The summed E-state index contributed by atoms with van der Waals surface area (Å²) in [5.74, 6) is 0.0360. The number of hydrazone groups is 1. The fourth-order valence-corrected chi connectivity index (χ4v) is 1.62. The molecular formula is C15H15N3O3. The van der Waals surface area contributed by atoms with Gasteiger partial charge in [-0.25, -0.2) is 5.43 Å². The predicted octanol–water partition coefficient (Wildman–Crippen LogP) is 1.87. The maximum Gasteiger partial charge on any atom is 0.272 e. The minimum atomic E-state index is -0.350. The summed E-state index contributed by atoms with van der Waals surface area (Å²) in [7, 11) is 1.47. The highest BCUT2D eigenvalue weighted by Crippen LogP contribution is 2.25. The number of nitrogens with zero attached hydrogens (tertiary/aromatic N) is 2. The molecule has 6 heteroatoms. The molecule has 0 aliphatic heterocycles. The topological polar surface area (TPSA) is 83.8 Å². The van der Waals surface area contributed by atoms with Crippen LogP contribution in [0.15, 0.2) is 41.6 Å². The van der Waals surface area contributed by atoms with Crippen molar-refractivity contribution in [3.8, 4) is 11.5 Å². The van der Waals surface area contributed by atoms with E-state index in [0.29, 0.717) is 16.9 Å². The predicted molar refractivity (Wildman–Crippen MR) is 78.7 cm³/mol. The van der Waals surface area contributed by atoms with Crippen LogP contribution in [0.5, 0.6) is 11.5 Å². The molecule has 1 aromatic carbocycles. The lowest BCUT2D eigenvalue weighted by Gasteiger charge is -2.03. The van der Waals surface area contributed by atoms with E-state index in [9.17, 15) is 9.90 Å². The zero-order valence-corrected chi connectivity index (χ0v) is 11.7. The van der Waals surface area contributed by atoms with Gasteiger partial charge < -0.3 is 9.84 Å². The lowest BCUT2D eigenvalue weighted by atomic mass is 10.2. The van der Waals surface area contributed by atoms with Crippen LogP contribution in [0.25, 0.3) is 0 Å². The van der Waals surface area contributed by atoms with Gasteiger partial charge in [-0.1, -0.05) is 0 Å². The summed E-state index contributed by atoms with van der Waals surface area (Å²) in [6.45, 7) is 1.84. The number of aromatic hydroxyl groups is 1. The highest BCUT2D eigenvalue weighted by atomic mass is 16.5. The minimum Gasteiger partial charge on any atom is -0.504 e. The standard InChI is InChI=1S/C15H15N3O3/c1-10-3-5-12(9-16-10)15(20)18-17-8-11-4-6-14(21-2)13(19)7-11/h3-9,19H,1-2H3,(H,18,20)/b17-8+. The number of hydrogen-bond acceptors (Lipinski definition) is 5. The zero-order valence-electron chi connectivity index (χ0n) is 11.7. The molecule has 6 nitrogen and oxygen atoms in total. The number of phenolic OH excluding ortho intramolecular Hbond substituents is 1. The number of aryl methyl sites for hydroxylation is 1. The molecule has 0 unspecified atom stereocenters. The highest BCUT2D eigenvalue weighted by Gasteiger charge is 2.04. The first-order valence-corrected chi connectivity index (χ1v) is 6.23. The molecule has 1 aromatic heterocycles. The fraction of sp³-hybridized carbons (Fsp3) is 0.133. The van der Waals surface area contributed by atoms with E-state index >= 15 is 0 Å². The molecule has 1 heterocycles. The largest absolute Gasteiger partial charge is 0.504 e. The average molecular weight is 285 g/mol. The molecule has 21 heavy (non-hydrogen) atoms. The normalized spacial score (nSPS) is 10.6. The second kappa shape index (κ2) is 6.51. The lowest BCUT2D eigenvalue weighted by Crippen LogP contribution is -2.17. The van der Waals surface area contributed by atoms with Gasteiger partial charge in [0, 0.05) is 11.9 Å². The Morgan fingerprint density at radius 1 is 1.38 bits per heavy atom. The van der Waals surface area contributed by atoms with Crippen molar-refractivity contribution in [2.45, 2.75) is 6.92 Å². The van der Waals surface area contributed by atoms with Gasteiger partial charge in [-0.15, -0.1) is 0 Å². The van der Waals surface area contributed by atoms with E-state index in [2.05, 4.69) is 15.5 Å². The van der Waals surface area contributed by atoms with E-state index < -0.39 is 0 Å². The molecule has 2 rings (SSSR count). The van der Waals surface area contributed by atoms with Crippen LogP contribution in [0.4, 0.5) is 0 Å². The first-order valence-electron chi connectivity index (χ1n) is 6.23. The van der Waals surface area contributed by atoms with Gasteiger partial charge in [-0.3, -0.25) is 9.78 Å². The van der Waals surface area contributed by atoms with Crippen LogP contribution in [-0.4, -0.2) is 29.3 Å². The van der Waals surface area contributed by atoms with Gasteiger partial charge in [0.1, 0.15) is 0 Å². The van der Waals surface area contributed by atoms with E-state index in [1.54, 1.807) is 24.3 Å². The number of ether oxygens (including phenoxy) is 1. The molecule has 0 spiro atoms. The van der Waals surface area contributed by atoms with Crippen molar-refractivity contribution in [3.63, 3.8) is 0 Å². The number of amides is 1.